The van der Waals surface area contributed by atoms with Gasteiger partial charge in [0.05, 0.1) is 11.5 Å². The lowest BCUT2D eigenvalue weighted by atomic mass is 10.2. The van der Waals surface area contributed by atoms with Crippen LogP contribution < -0.4 is 31.2 Å². The lowest BCUT2D eigenvalue weighted by molar-refractivity contribution is -0.114. The molecular formula is C32H28N6O6S2. The number of carbonyl (C=O) groups is 2. The number of rotatable bonds is 12. The van der Waals surface area contributed by atoms with Crippen LogP contribution in [0.3, 0.4) is 0 Å². The molecule has 234 valence electrons. The van der Waals surface area contributed by atoms with Gasteiger partial charge in [0.1, 0.15) is 23.0 Å². The van der Waals surface area contributed by atoms with Gasteiger partial charge in [-0.2, -0.15) is 0 Å². The Bertz CT molecular complexity index is 1820. The third-order valence-electron chi connectivity index (χ3n) is 5.93. The standard InChI is InChI=1S/C32H28N6O6S2/c1-19-14-27(39)37-31(33-19)45-17-29(41)35-21-6-10-23(11-7-21)43-25-4-3-5-26(16-25)44-24-12-8-22(9-13-24)36-30(42)18-46-32-34-20(2)15-28(40)38-32/h3-16H,17-18H2,1-2H3,(H,35,41)(H,36,42)(H,33,37,39)(H,34,38,40). The normalized spacial score (nSPS) is 10.7. The predicted molar refractivity (Wildman–Crippen MR) is 177 cm³/mol. The van der Waals surface area contributed by atoms with Crippen LogP contribution in [0, 0.1) is 13.8 Å². The molecule has 2 heterocycles. The second-order valence-corrected chi connectivity index (χ2v) is 11.7. The van der Waals surface area contributed by atoms with Crippen LogP contribution in [0.25, 0.3) is 0 Å². The van der Waals surface area contributed by atoms with Crippen LogP contribution in [0.1, 0.15) is 11.4 Å². The van der Waals surface area contributed by atoms with Crippen molar-refractivity contribution in [3.05, 3.63) is 117 Å². The SMILES string of the molecule is Cc1cc(=O)[nH]c(SCC(=O)Nc2ccc(Oc3cccc(Oc4ccc(NC(=O)CSc5nc(C)cc(=O)[nH]5)cc4)c3)cc2)n1. The van der Waals surface area contributed by atoms with Gasteiger partial charge in [-0.3, -0.25) is 19.2 Å². The Morgan fingerprint density at radius 2 is 1.04 bits per heavy atom. The van der Waals surface area contributed by atoms with Crippen molar-refractivity contribution in [1.82, 2.24) is 19.9 Å². The van der Waals surface area contributed by atoms with Gasteiger partial charge in [-0.05, 0) is 74.5 Å². The molecule has 2 amide bonds. The Morgan fingerprint density at radius 3 is 1.43 bits per heavy atom. The molecule has 14 heteroatoms. The van der Waals surface area contributed by atoms with Crippen molar-refractivity contribution in [2.45, 2.75) is 24.2 Å². The summed E-state index contributed by atoms with van der Waals surface area (Å²) in [4.78, 5) is 61.4. The van der Waals surface area contributed by atoms with E-state index in [2.05, 4.69) is 30.6 Å². The highest BCUT2D eigenvalue weighted by molar-refractivity contribution is 8.00. The monoisotopic (exact) mass is 656 g/mol. The molecule has 4 N–H and O–H groups in total. The third kappa shape index (κ3) is 9.84. The number of hydrogen-bond acceptors (Lipinski definition) is 10. The van der Waals surface area contributed by atoms with Crippen molar-refractivity contribution in [1.29, 1.82) is 0 Å². The number of nitrogens with zero attached hydrogens (tertiary/aromatic N) is 2. The number of thioether (sulfide) groups is 2. The van der Waals surface area contributed by atoms with E-state index in [1.54, 1.807) is 86.6 Å². The molecule has 5 aromatic rings. The van der Waals surface area contributed by atoms with Crippen molar-refractivity contribution in [2.75, 3.05) is 22.1 Å². The fraction of sp³-hybridized carbons (Fsp3) is 0.125. The van der Waals surface area contributed by atoms with Gasteiger partial charge in [0.25, 0.3) is 11.1 Å². The lowest BCUT2D eigenvalue weighted by Gasteiger charge is -2.11. The van der Waals surface area contributed by atoms with Gasteiger partial charge in [0.15, 0.2) is 10.3 Å². The molecule has 5 rings (SSSR count). The molecule has 0 saturated carbocycles. The molecule has 3 aromatic carbocycles. The average Bonchev–Trinajstić information content (AvgIpc) is 3.00. The number of amides is 2. The molecule has 0 aliphatic heterocycles. The van der Waals surface area contributed by atoms with Crippen LogP contribution in [-0.4, -0.2) is 43.3 Å². The van der Waals surface area contributed by atoms with Crippen molar-refractivity contribution in [3.63, 3.8) is 0 Å². The summed E-state index contributed by atoms with van der Waals surface area (Å²) in [6.45, 7) is 3.44. The van der Waals surface area contributed by atoms with Gasteiger partial charge in [0.2, 0.25) is 11.8 Å². The lowest BCUT2D eigenvalue weighted by Crippen LogP contribution is -2.15. The number of hydrogen-bond donors (Lipinski definition) is 4. The van der Waals surface area contributed by atoms with Crippen LogP contribution in [-0.2, 0) is 9.59 Å². The molecule has 0 aliphatic rings. The number of anilines is 2. The Kier molecular flexibility index (Phi) is 10.5. The second kappa shape index (κ2) is 15.1. The van der Waals surface area contributed by atoms with E-state index < -0.39 is 0 Å². The maximum absolute atomic E-state index is 12.4. The first kappa shape index (κ1) is 32.1. The van der Waals surface area contributed by atoms with E-state index in [1.165, 1.54) is 12.1 Å². The number of aromatic amines is 2. The number of nitrogens with one attached hydrogen (secondary N) is 4. The molecule has 0 aliphatic carbocycles. The van der Waals surface area contributed by atoms with Crippen LogP contribution >= 0.6 is 23.5 Å². The minimum Gasteiger partial charge on any atom is -0.457 e. The third-order valence-corrected chi connectivity index (χ3v) is 7.68. The van der Waals surface area contributed by atoms with Crippen LogP contribution in [0.15, 0.2) is 105 Å². The molecule has 12 nitrogen and oxygen atoms in total. The van der Waals surface area contributed by atoms with Crippen LogP contribution in [0.2, 0.25) is 0 Å². The molecule has 0 bridgehead atoms. The first-order valence-electron chi connectivity index (χ1n) is 13.8. The Morgan fingerprint density at radius 1 is 0.630 bits per heavy atom. The summed E-state index contributed by atoms with van der Waals surface area (Å²) in [5.41, 5.74) is 1.84. The zero-order valence-corrected chi connectivity index (χ0v) is 26.3. The zero-order chi connectivity index (χ0) is 32.5. The van der Waals surface area contributed by atoms with Gasteiger partial charge >= 0.3 is 0 Å². The highest BCUT2D eigenvalue weighted by atomic mass is 32.2. The Hall–Kier alpha value is -5.34. The molecule has 0 fully saturated rings. The Labute approximate surface area is 271 Å². The van der Waals surface area contributed by atoms with Crippen molar-refractivity contribution in [3.8, 4) is 23.0 Å². The molecule has 2 aromatic heterocycles. The molecular weight excluding hydrogens is 629 g/mol. The van der Waals surface area contributed by atoms with Gasteiger partial charge in [-0.25, -0.2) is 9.97 Å². The van der Waals surface area contributed by atoms with Gasteiger partial charge in [-0.1, -0.05) is 29.6 Å². The highest BCUT2D eigenvalue weighted by Crippen LogP contribution is 2.29. The smallest absolute Gasteiger partial charge is 0.251 e. The molecule has 0 radical (unpaired) electrons. The number of benzene rings is 3. The van der Waals surface area contributed by atoms with Gasteiger partial charge < -0.3 is 30.1 Å². The summed E-state index contributed by atoms with van der Waals surface area (Å²) in [6, 6.07) is 23.8. The minimum absolute atomic E-state index is 0.0877. The van der Waals surface area contributed by atoms with Gasteiger partial charge in [0, 0.05) is 41.0 Å². The van der Waals surface area contributed by atoms with Gasteiger partial charge in [-0.15, -0.1) is 0 Å². The molecule has 0 spiro atoms. The summed E-state index contributed by atoms with van der Waals surface area (Å²) in [7, 11) is 0. The molecule has 46 heavy (non-hydrogen) atoms. The van der Waals surface area contributed by atoms with E-state index in [9.17, 15) is 19.2 Å². The first-order valence-corrected chi connectivity index (χ1v) is 15.8. The van der Waals surface area contributed by atoms with Crippen molar-refractivity contribution >= 4 is 46.7 Å². The summed E-state index contributed by atoms with van der Waals surface area (Å²) < 4.78 is 11.9. The van der Waals surface area contributed by atoms with E-state index >= 15 is 0 Å². The number of ether oxygens (including phenoxy) is 2. The quantitative estimate of drug-likeness (QED) is 0.0992. The topological polar surface area (TPSA) is 168 Å². The summed E-state index contributed by atoms with van der Waals surface area (Å²) in [6.07, 6.45) is 0. The van der Waals surface area contributed by atoms with E-state index in [0.29, 0.717) is 56.1 Å². The van der Waals surface area contributed by atoms with E-state index in [-0.39, 0.29) is 34.4 Å². The average molecular weight is 657 g/mol. The second-order valence-electron chi connectivity index (χ2n) is 9.79. The van der Waals surface area contributed by atoms with E-state index in [0.717, 1.165) is 23.5 Å². The van der Waals surface area contributed by atoms with Crippen molar-refractivity contribution < 1.29 is 19.1 Å². The van der Waals surface area contributed by atoms with E-state index in [4.69, 9.17) is 9.47 Å². The predicted octanol–water partition coefficient (Wildman–Crippen LogP) is 5.52. The fourth-order valence-electron chi connectivity index (χ4n) is 3.99. The Balaban J connectivity index is 1.09. The zero-order valence-electron chi connectivity index (χ0n) is 24.7. The van der Waals surface area contributed by atoms with Crippen LogP contribution in [0.4, 0.5) is 11.4 Å². The number of aryl methyl sites for hydroxylation is 2. The first-order chi connectivity index (χ1) is 22.2. The number of aromatic nitrogens is 4. The van der Waals surface area contributed by atoms with Crippen LogP contribution in [0.5, 0.6) is 23.0 Å². The van der Waals surface area contributed by atoms with Crippen molar-refractivity contribution in [2.24, 2.45) is 0 Å². The highest BCUT2D eigenvalue weighted by Gasteiger charge is 2.09. The number of carbonyl (C=O) groups excluding carboxylic acids is 2. The molecule has 0 saturated heterocycles. The fourth-order valence-corrected chi connectivity index (χ4v) is 5.43. The largest absolute Gasteiger partial charge is 0.457 e. The maximum atomic E-state index is 12.4. The summed E-state index contributed by atoms with van der Waals surface area (Å²) >= 11 is 2.29. The number of H-pyrrole nitrogens is 2. The summed E-state index contributed by atoms with van der Waals surface area (Å²) in [5.74, 6) is 1.93. The van der Waals surface area contributed by atoms with E-state index in [1.807, 2.05) is 0 Å². The minimum atomic E-state index is -0.260. The molecule has 0 unspecified atom stereocenters. The maximum Gasteiger partial charge on any atom is 0.251 e. The summed E-state index contributed by atoms with van der Waals surface area (Å²) in [5, 5.41) is 6.39. The molecule has 0 atom stereocenters.